The molecule has 0 spiro atoms. The molecule has 1 aromatic carbocycles. The highest BCUT2D eigenvalue weighted by molar-refractivity contribution is 5.76. The van der Waals surface area contributed by atoms with Crippen LogP contribution in [0.25, 0.3) is 0 Å². The SMILES string of the molecule is CCCCOC(=O)[C@H](C/C=C/C[C@H](C)OC)N[C@H](C)c1ccccc1. The van der Waals surface area contributed by atoms with Crippen LogP contribution in [0.1, 0.15) is 58.1 Å². The Morgan fingerprint density at radius 1 is 1.16 bits per heavy atom. The number of nitrogens with one attached hydrogen (secondary N) is 1. The van der Waals surface area contributed by atoms with Crippen LogP contribution < -0.4 is 5.32 Å². The molecular formula is C21H33NO3. The molecule has 0 unspecified atom stereocenters. The molecule has 140 valence electrons. The molecule has 3 atom stereocenters. The fourth-order valence-corrected chi connectivity index (χ4v) is 2.41. The van der Waals surface area contributed by atoms with Gasteiger partial charge in [0.1, 0.15) is 6.04 Å². The quantitative estimate of drug-likeness (QED) is 0.345. The number of rotatable bonds is 12. The van der Waals surface area contributed by atoms with Crippen molar-refractivity contribution in [3.63, 3.8) is 0 Å². The van der Waals surface area contributed by atoms with Gasteiger partial charge in [-0.15, -0.1) is 0 Å². The summed E-state index contributed by atoms with van der Waals surface area (Å²) in [4.78, 5) is 12.4. The van der Waals surface area contributed by atoms with Crippen molar-refractivity contribution in [3.05, 3.63) is 48.0 Å². The van der Waals surface area contributed by atoms with Crippen molar-refractivity contribution in [1.29, 1.82) is 0 Å². The monoisotopic (exact) mass is 347 g/mol. The lowest BCUT2D eigenvalue weighted by atomic mass is 10.1. The molecule has 1 N–H and O–H groups in total. The van der Waals surface area contributed by atoms with E-state index in [2.05, 4.69) is 37.4 Å². The highest BCUT2D eigenvalue weighted by Crippen LogP contribution is 2.14. The van der Waals surface area contributed by atoms with Crippen LogP contribution in [0.3, 0.4) is 0 Å². The van der Waals surface area contributed by atoms with Gasteiger partial charge in [0.05, 0.1) is 12.7 Å². The number of ether oxygens (including phenoxy) is 2. The van der Waals surface area contributed by atoms with Crippen LogP contribution in [0.5, 0.6) is 0 Å². The van der Waals surface area contributed by atoms with Gasteiger partial charge in [-0.25, -0.2) is 0 Å². The van der Waals surface area contributed by atoms with Crippen molar-refractivity contribution in [2.75, 3.05) is 13.7 Å². The molecule has 0 aliphatic carbocycles. The van der Waals surface area contributed by atoms with Crippen molar-refractivity contribution in [3.8, 4) is 0 Å². The minimum atomic E-state index is -0.346. The summed E-state index contributed by atoms with van der Waals surface area (Å²) in [5.41, 5.74) is 1.16. The van der Waals surface area contributed by atoms with E-state index in [-0.39, 0.29) is 24.2 Å². The molecule has 0 radical (unpaired) electrons. The van der Waals surface area contributed by atoms with E-state index in [4.69, 9.17) is 9.47 Å². The number of hydrogen-bond acceptors (Lipinski definition) is 4. The third-order valence-corrected chi connectivity index (χ3v) is 4.19. The molecule has 1 rings (SSSR count). The van der Waals surface area contributed by atoms with Gasteiger partial charge in [-0.05, 0) is 38.7 Å². The molecule has 4 heteroatoms. The summed E-state index contributed by atoms with van der Waals surface area (Å²) in [7, 11) is 1.70. The van der Waals surface area contributed by atoms with Crippen LogP contribution in [0.2, 0.25) is 0 Å². The van der Waals surface area contributed by atoms with E-state index in [1.54, 1.807) is 7.11 Å². The average molecular weight is 347 g/mol. The van der Waals surface area contributed by atoms with Gasteiger partial charge < -0.3 is 9.47 Å². The normalized spacial score (nSPS) is 15.0. The maximum Gasteiger partial charge on any atom is 0.323 e. The molecule has 0 aliphatic heterocycles. The van der Waals surface area contributed by atoms with Gasteiger partial charge in [-0.3, -0.25) is 10.1 Å². The lowest BCUT2D eigenvalue weighted by Gasteiger charge is -2.21. The van der Waals surface area contributed by atoms with Gasteiger partial charge in [-0.2, -0.15) is 0 Å². The van der Waals surface area contributed by atoms with Crippen molar-refractivity contribution >= 4 is 5.97 Å². The number of carbonyl (C=O) groups excluding carboxylic acids is 1. The summed E-state index contributed by atoms with van der Waals surface area (Å²) >= 11 is 0. The summed E-state index contributed by atoms with van der Waals surface area (Å²) in [6.07, 6.45) is 7.64. The van der Waals surface area contributed by atoms with E-state index in [1.165, 1.54) is 0 Å². The van der Waals surface area contributed by atoms with Crippen molar-refractivity contribution in [1.82, 2.24) is 5.32 Å². The second-order valence-corrected chi connectivity index (χ2v) is 6.36. The topological polar surface area (TPSA) is 47.6 Å². The third kappa shape index (κ3) is 8.84. The predicted octanol–water partition coefficient (Wildman–Crippen LogP) is 4.42. The Labute approximate surface area is 152 Å². The van der Waals surface area contributed by atoms with Crippen LogP contribution in [-0.4, -0.2) is 31.8 Å². The maximum atomic E-state index is 12.4. The second-order valence-electron chi connectivity index (χ2n) is 6.36. The molecule has 0 saturated carbocycles. The van der Waals surface area contributed by atoms with Gasteiger partial charge >= 0.3 is 5.97 Å². The largest absolute Gasteiger partial charge is 0.465 e. The Morgan fingerprint density at radius 3 is 2.48 bits per heavy atom. The maximum absolute atomic E-state index is 12.4. The van der Waals surface area contributed by atoms with Crippen molar-refractivity contribution in [2.45, 2.75) is 64.6 Å². The number of hydrogen-bond donors (Lipinski definition) is 1. The number of unbranched alkanes of at least 4 members (excludes halogenated alkanes) is 1. The second kappa shape index (κ2) is 12.7. The van der Waals surface area contributed by atoms with Gasteiger partial charge in [0, 0.05) is 13.2 Å². The first-order chi connectivity index (χ1) is 12.1. The highest BCUT2D eigenvalue weighted by atomic mass is 16.5. The molecular weight excluding hydrogens is 314 g/mol. The molecule has 0 bridgehead atoms. The van der Waals surface area contributed by atoms with E-state index >= 15 is 0 Å². The Balaban J connectivity index is 2.64. The van der Waals surface area contributed by atoms with E-state index in [0.29, 0.717) is 13.0 Å². The molecule has 0 fully saturated rings. The van der Waals surface area contributed by atoms with Crippen LogP contribution >= 0.6 is 0 Å². The Morgan fingerprint density at radius 2 is 1.84 bits per heavy atom. The number of carbonyl (C=O) groups is 1. The molecule has 0 aliphatic rings. The summed E-state index contributed by atoms with van der Waals surface area (Å²) in [6, 6.07) is 9.87. The molecule has 0 aromatic heterocycles. The summed E-state index contributed by atoms with van der Waals surface area (Å²) < 4.78 is 10.7. The smallest absolute Gasteiger partial charge is 0.323 e. The first-order valence-corrected chi connectivity index (χ1v) is 9.23. The van der Waals surface area contributed by atoms with Gasteiger partial charge in [0.25, 0.3) is 0 Å². The van der Waals surface area contributed by atoms with Crippen LogP contribution in [0.4, 0.5) is 0 Å². The van der Waals surface area contributed by atoms with Gasteiger partial charge in [-0.1, -0.05) is 55.8 Å². The summed E-state index contributed by atoms with van der Waals surface area (Å²) in [5.74, 6) is -0.180. The van der Waals surface area contributed by atoms with E-state index in [0.717, 1.165) is 24.8 Å². The fraction of sp³-hybridized carbons (Fsp3) is 0.571. The molecule has 0 heterocycles. The zero-order valence-corrected chi connectivity index (χ0v) is 16.0. The molecule has 0 saturated heterocycles. The molecule has 25 heavy (non-hydrogen) atoms. The van der Waals surface area contributed by atoms with Crippen molar-refractivity contribution < 1.29 is 14.3 Å². The zero-order chi connectivity index (χ0) is 18.5. The lowest BCUT2D eigenvalue weighted by molar-refractivity contribution is -0.146. The van der Waals surface area contributed by atoms with Crippen LogP contribution in [-0.2, 0) is 14.3 Å². The molecule has 1 aromatic rings. The van der Waals surface area contributed by atoms with Gasteiger partial charge in [0.15, 0.2) is 0 Å². The third-order valence-electron chi connectivity index (χ3n) is 4.19. The first-order valence-electron chi connectivity index (χ1n) is 9.23. The van der Waals surface area contributed by atoms with E-state index in [1.807, 2.05) is 31.2 Å². The minimum Gasteiger partial charge on any atom is -0.465 e. The number of methoxy groups -OCH3 is 1. The Bertz CT molecular complexity index is 501. The standard InChI is InChI=1S/C21H33NO3/c1-5-6-16-25-21(23)20(15-11-10-12-17(2)24-4)22-18(3)19-13-8-7-9-14-19/h7-11,13-14,17-18,20,22H,5-6,12,15-16H2,1-4H3/b11-10+/t17-,18+,20-/m0/s1. The summed E-state index contributed by atoms with van der Waals surface area (Å²) in [6.45, 7) is 6.66. The van der Waals surface area contributed by atoms with E-state index < -0.39 is 0 Å². The fourth-order valence-electron chi connectivity index (χ4n) is 2.41. The number of benzene rings is 1. The molecule has 0 amide bonds. The average Bonchev–Trinajstić information content (AvgIpc) is 2.64. The van der Waals surface area contributed by atoms with Crippen molar-refractivity contribution in [2.24, 2.45) is 0 Å². The number of esters is 1. The predicted molar refractivity (Wildman–Crippen MR) is 102 cm³/mol. The Kier molecular flexibility index (Phi) is 10.8. The van der Waals surface area contributed by atoms with E-state index in [9.17, 15) is 4.79 Å². The molecule has 4 nitrogen and oxygen atoms in total. The van der Waals surface area contributed by atoms with Crippen LogP contribution in [0, 0.1) is 0 Å². The lowest BCUT2D eigenvalue weighted by Crippen LogP contribution is -2.39. The highest BCUT2D eigenvalue weighted by Gasteiger charge is 2.21. The minimum absolute atomic E-state index is 0.0798. The van der Waals surface area contributed by atoms with Gasteiger partial charge in [0.2, 0.25) is 0 Å². The zero-order valence-electron chi connectivity index (χ0n) is 16.0. The first kappa shape index (κ1) is 21.4. The summed E-state index contributed by atoms with van der Waals surface area (Å²) in [5, 5.41) is 3.41. The van der Waals surface area contributed by atoms with Crippen LogP contribution in [0.15, 0.2) is 42.5 Å². The Hall–Kier alpha value is -1.65.